The van der Waals surface area contributed by atoms with E-state index in [2.05, 4.69) is 20.5 Å². The van der Waals surface area contributed by atoms with E-state index in [4.69, 9.17) is 5.73 Å². The summed E-state index contributed by atoms with van der Waals surface area (Å²) >= 11 is 0. The fourth-order valence-electron chi connectivity index (χ4n) is 2.13. The lowest BCUT2D eigenvalue weighted by Gasteiger charge is -2.42. The van der Waals surface area contributed by atoms with Crippen molar-refractivity contribution in [3.05, 3.63) is 22.9 Å². The van der Waals surface area contributed by atoms with Crippen LogP contribution in [0.1, 0.15) is 19.3 Å². The van der Waals surface area contributed by atoms with Gasteiger partial charge in [-0.25, -0.2) is 19.3 Å². The van der Waals surface area contributed by atoms with Crippen molar-refractivity contribution in [1.29, 1.82) is 0 Å². The Morgan fingerprint density at radius 2 is 2.41 bits per heavy atom. The zero-order chi connectivity index (χ0) is 11.9. The lowest BCUT2D eigenvalue weighted by atomic mass is 9.77. The van der Waals surface area contributed by atoms with Crippen molar-refractivity contribution in [2.24, 2.45) is 5.73 Å². The van der Waals surface area contributed by atoms with Gasteiger partial charge in [0.25, 0.3) is 0 Å². The number of nitrogens with zero attached hydrogens (tertiary/aromatic N) is 3. The SMILES string of the molecule is NCC1(Nc2cc3n[nH]c(=O)n3cn2)CCC1. The maximum absolute atomic E-state index is 11.3. The Balaban J connectivity index is 1.93. The van der Waals surface area contributed by atoms with E-state index in [-0.39, 0.29) is 11.2 Å². The Hall–Kier alpha value is -1.89. The number of rotatable bonds is 3. The minimum absolute atomic E-state index is 0.0258. The Kier molecular flexibility index (Phi) is 2.15. The molecule has 0 bridgehead atoms. The Labute approximate surface area is 97.0 Å². The van der Waals surface area contributed by atoms with Gasteiger partial charge >= 0.3 is 5.69 Å². The molecule has 0 amide bonds. The summed E-state index contributed by atoms with van der Waals surface area (Å²) < 4.78 is 1.36. The fraction of sp³-hybridized carbons (Fsp3) is 0.500. The molecule has 0 unspecified atom stereocenters. The van der Waals surface area contributed by atoms with Crippen LogP contribution < -0.4 is 16.7 Å². The van der Waals surface area contributed by atoms with E-state index >= 15 is 0 Å². The number of hydrogen-bond acceptors (Lipinski definition) is 5. The van der Waals surface area contributed by atoms with Gasteiger partial charge in [-0.2, -0.15) is 5.10 Å². The van der Waals surface area contributed by atoms with Crippen LogP contribution in [-0.2, 0) is 0 Å². The Bertz CT molecular complexity index is 591. The van der Waals surface area contributed by atoms with Gasteiger partial charge in [0, 0.05) is 12.6 Å². The van der Waals surface area contributed by atoms with Crippen molar-refractivity contribution in [2.75, 3.05) is 11.9 Å². The van der Waals surface area contributed by atoms with E-state index in [1.807, 2.05) is 0 Å². The lowest BCUT2D eigenvalue weighted by Crippen LogP contribution is -2.51. The largest absolute Gasteiger partial charge is 0.363 e. The summed E-state index contributed by atoms with van der Waals surface area (Å²) in [6.45, 7) is 0.591. The standard InChI is InChI=1S/C10H14N6O/c11-5-10(2-1-3-10)13-7-4-8-14-15-9(17)16(8)6-12-7/h4,6,13H,1-3,5,11H2,(H,15,17). The highest BCUT2D eigenvalue weighted by atomic mass is 16.1. The van der Waals surface area contributed by atoms with Gasteiger partial charge in [0.1, 0.15) is 12.1 Å². The third kappa shape index (κ3) is 1.59. The summed E-state index contributed by atoms with van der Waals surface area (Å²) in [7, 11) is 0. The molecular weight excluding hydrogens is 220 g/mol. The quantitative estimate of drug-likeness (QED) is 0.677. The average molecular weight is 234 g/mol. The molecule has 7 heteroatoms. The summed E-state index contributed by atoms with van der Waals surface area (Å²) in [5, 5.41) is 9.60. The van der Waals surface area contributed by atoms with Crippen LogP contribution in [0, 0.1) is 0 Å². The number of H-pyrrole nitrogens is 1. The predicted molar refractivity (Wildman–Crippen MR) is 62.9 cm³/mol. The fourth-order valence-corrected chi connectivity index (χ4v) is 2.13. The van der Waals surface area contributed by atoms with Gasteiger partial charge in [-0.1, -0.05) is 0 Å². The number of aromatic amines is 1. The zero-order valence-corrected chi connectivity index (χ0v) is 9.31. The summed E-state index contributed by atoms with van der Waals surface area (Å²) in [6.07, 6.45) is 4.77. The van der Waals surface area contributed by atoms with E-state index < -0.39 is 0 Å². The van der Waals surface area contributed by atoms with Crippen LogP contribution >= 0.6 is 0 Å². The highest BCUT2D eigenvalue weighted by Crippen LogP contribution is 2.33. The first-order chi connectivity index (χ1) is 8.22. The number of anilines is 1. The molecule has 0 atom stereocenters. The summed E-state index contributed by atoms with van der Waals surface area (Å²) in [4.78, 5) is 15.5. The van der Waals surface area contributed by atoms with E-state index in [9.17, 15) is 4.79 Å². The van der Waals surface area contributed by atoms with Gasteiger partial charge in [0.05, 0.1) is 5.54 Å². The molecule has 2 aromatic rings. The first-order valence-electron chi connectivity index (χ1n) is 5.63. The van der Waals surface area contributed by atoms with Crippen molar-refractivity contribution in [3.63, 3.8) is 0 Å². The van der Waals surface area contributed by atoms with Crippen molar-refractivity contribution in [2.45, 2.75) is 24.8 Å². The van der Waals surface area contributed by atoms with Gasteiger partial charge in [0.15, 0.2) is 5.65 Å². The third-order valence-corrected chi connectivity index (χ3v) is 3.40. The van der Waals surface area contributed by atoms with Crippen molar-refractivity contribution in [1.82, 2.24) is 19.6 Å². The van der Waals surface area contributed by atoms with Gasteiger partial charge in [-0.15, -0.1) is 0 Å². The van der Waals surface area contributed by atoms with Crippen LogP contribution in [-0.4, -0.2) is 31.7 Å². The first kappa shape index (κ1) is 10.3. The van der Waals surface area contributed by atoms with Crippen LogP contribution in [0.3, 0.4) is 0 Å². The highest BCUT2D eigenvalue weighted by molar-refractivity contribution is 5.50. The van der Waals surface area contributed by atoms with Crippen LogP contribution in [0.25, 0.3) is 5.65 Å². The molecule has 4 N–H and O–H groups in total. The van der Waals surface area contributed by atoms with Crippen LogP contribution in [0.5, 0.6) is 0 Å². The molecule has 1 aliphatic carbocycles. The average Bonchev–Trinajstić information content (AvgIpc) is 2.65. The van der Waals surface area contributed by atoms with Crippen LogP contribution in [0.4, 0.5) is 5.82 Å². The smallest absolute Gasteiger partial charge is 0.348 e. The minimum Gasteiger partial charge on any atom is -0.363 e. The molecule has 1 aliphatic rings. The molecule has 1 saturated carbocycles. The Morgan fingerprint density at radius 3 is 3.06 bits per heavy atom. The van der Waals surface area contributed by atoms with Gasteiger partial charge in [-0.3, -0.25) is 0 Å². The second kappa shape index (κ2) is 3.56. The number of nitrogens with two attached hydrogens (primary N) is 1. The van der Waals surface area contributed by atoms with Crippen molar-refractivity contribution < 1.29 is 0 Å². The zero-order valence-electron chi connectivity index (χ0n) is 9.31. The molecule has 90 valence electrons. The monoisotopic (exact) mass is 234 g/mol. The number of aromatic nitrogens is 4. The predicted octanol–water partition coefficient (Wildman–Crippen LogP) is -0.289. The minimum atomic E-state index is -0.281. The molecule has 2 aromatic heterocycles. The van der Waals surface area contributed by atoms with Crippen molar-refractivity contribution in [3.8, 4) is 0 Å². The maximum atomic E-state index is 11.3. The molecule has 0 radical (unpaired) electrons. The maximum Gasteiger partial charge on any atom is 0.348 e. The normalized spacial score (nSPS) is 17.9. The second-order valence-electron chi connectivity index (χ2n) is 4.49. The van der Waals surface area contributed by atoms with Gasteiger partial charge in [-0.05, 0) is 19.3 Å². The first-order valence-corrected chi connectivity index (χ1v) is 5.63. The summed E-state index contributed by atoms with van der Waals surface area (Å²) in [5.74, 6) is 0.710. The molecule has 3 rings (SSSR count). The number of nitrogens with one attached hydrogen (secondary N) is 2. The lowest BCUT2D eigenvalue weighted by molar-refractivity contribution is 0.286. The molecule has 0 aliphatic heterocycles. The van der Waals surface area contributed by atoms with E-state index in [0.29, 0.717) is 18.0 Å². The van der Waals surface area contributed by atoms with E-state index in [1.165, 1.54) is 17.1 Å². The molecule has 0 aromatic carbocycles. The van der Waals surface area contributed by atoms with Crippen LogP contribution in [0.15, 0.2) is 17.2 Å². The molecule has 2 heterocycles. The van der Waals surface area contributed by atoms with Crippen LogP contribution in [0.2, 0.25) is 0 Å². The molecule has 1 fully saturated rings. The van der Waals surface area contributed by atoms with Gasteiger partial charge in [0.2, 0.25) is 0 Å². The van der Waals surface area contributed by atoms with E-state index in [1.54, 1.807) is 6.07 Å². The summed E-state index contributed by atoms with van der Waals surface area (Å²) in [6, 6.07) is 1.74. The molecular formula is C10H14N6O. The molecule has 17 heavy (non-hydrogen) atoms. The topological polar surface area (TPSA) is 101 Å². The van der Waals surface area contributed by atoms with E-state index in [0.717, 1.165) is 12.8 Å². The summed E-state index contributed by atoms with van der Waals surface area (Å²) in [5.41, 5.74) is 6.01. The highest BCUT2D eigenvalue weighted by Gasteiger charge is 2.35. The number of fused-ring (bicyclic) bond motifs is 1. The number of hydrogen-bond donors (Lipinski definition) is 3. The Morgan fingerprint density at radius 1 is 1.59 bits per heavy atom. The molecule has 0 saturated heterocycles. The third-order valence-electron chi connectivity index (χ3n) is 3.40. The van der Waals surface area contributed by atoms with Crippen molar-refractivity contribution >= 4 is 11.5 Å². The van der Waals surface area contributed by atoms with Gasteiger partial charge < -0.3 is 11.1 Å². The molecule has 0 spiro atoms. The molecule has 7 nitrogen and oxygen atoms in total. The second-order valence-corrected chi connectivity index (χ2v) is 4.49.